The topological polar surface area (TPSA) is 90.6 Å². The normalized spacial score (nSPS) is 11.6. The van der Waals surface area contributed by atoms with E-state index in [1.807, 2.05) is 0 Å². The summed E-state index contributed by atoms with van der Waals surface area (Å²) < 4.78 is 18.1. The number of aliphatic hydroxyl groups excluding tert-OH is 1. The Labute approximate surface area is 90.3 Å². The third-order valence-corrected chi connectivity index (χ3v) is 1.97. The Morgan fingerprint density at radius 3 is 2.69 bits per heavy atom. The second-order valence-corrected chi connectivity index (χ2v) is 2.93. The zero-order chi connectivity index (χ0) is 12.3. The monoisotopic (exact) mass is 225 g/mol. The van der Waals surface area contributed by atoms with Crippen LogP contribution in [-0.4, -0.2) is 23.3 Å². The number of carbonyl (C=O) groups is 1. The summed E-state index contributed by atoms with van der Waals surface area (Å²) in [7, 11) is 1.25. The summed E-state index contributed by atoms with van der Waals surface area (Å²) in [4.78, 5) is 10.5. The van der Waals surface area contributed by atoms with Gasteiger partial charge in [0, 0.05) is 5.56 Å². The summed E-state index contributed by atoms with van der Waals surface area (Å²) in [5, 5.41) is 26.3. The molecule has 0 aromatic heterocycles. The molecule has 0 amide bonds. The maximum absolute atomic E-state index is 13.3. The highest BCUT2D eigenvalue weighted by Gasteiger charge is 2.22. The highest BCUT2D eigenvalue weighted by molar-refractivity contribution is 5.74. The largest absolute Gasteiger partial charge is 0.495 e. The second-order valence-electron chi connectivity index (χ2n) is 2.93. The van der Waals surface area contributed by atoms with Gasteiger partial charge in [-0.25, -0.2) is 9.18 Å². The fraction of sp³-hybridized carbons (Fsp3) is 0.200. The molecule has 1 atom stereocenters. The summed E-state index contributed by atoms with van der Waals surface area (Å²) >= 11 is 0. The van der Waals surface area contributed by atoms with E-state index < -0.39 is 23.5 Å². The van der Waals surface area contributed by atoms with Crippen LogP contribution >= 0.6 is 0 Å². The van der Waals surface area contributed by atoms with Gasteiger partial charge in [0.15, 0.2) is 6.10 Å². The predicted octanol–water partition coefficient (Wildman–Crippen LogP) is 0.824. The van der Waals surface area contributed by atoms with Crippen molar-refractivity contribution in [3.8, 4) is 11.8 Å². The summed E-state index contributed by atoms with van der Waals surface area (Å²) in [6.45, 7) is 0. The molecule has 16 heavy (non-hydrogen) atoms. The van der Waals surface area contributed by atoms with Crippen LogP contribution in [0.1, 0.15) is 17.2 Å². The van der Waals surface area contributed by atoms with Gasteiger partial charge >= 0.3 is 5.97 Å². The average Bonchev–Trinajstić information content (AvgIpc) is 2.27. The first-order valence-electron chi connectivity index (χ1n) is 4.19. The lowest BCUT2D eigenvalue weighted by molar-refractivity contribution is -0.147. The van der Waals surface area contributed by atoms with Gasteiger partial charge in [0.25, 0.3) is 0 Å². The number of nitrogens with zero attached hydrogens (tertiary/aromatic N) is 1. The number of aliphatic carboxylic acids is 1. The van der Waals surface area contributed by atoms with Crippen molar-refractivity contribution in [3.05, 3.63) is 29.1 Å². The van der Waals surface area contributed by atoms with Crippen LogP contribution < -0.4 is 4.74 Å². The number of ether oxygens (including phenoxy) is 1. The first kappa shape index (κ1) is 11.9. The molecule has 6 heteroatoms. The molecule has 0 aliphatic heterocycles. The van der Waals surface area contributed by atoms with E-state index in [1.54, 1.807) is 6.07 Å². The van der Waals surface area contributed by atoms with Crippen LogP contribution in [0.4, 0.5) is 4.39 Å². The van der Waals surface area contributed by atoms with E-state index in [4.69, 9.17) is 15.1 Å². The zero-order valence-corrected chi connectivity index (χ0v) is 8.27. The molecule has 0 heterocycles. The van der Waals surface area contributed by atoms with E-state index in [9.17, 15) is 14.3 Å². The molecule has 5 nitrogen and oxygen atoms in total. The number of methoxy groups -OCH3 is 1. The van der Waals surface area contributed by atoms with Crippen LogP contribution in [-0.2, 0) is 4.79 Å². The van der Waals surface area contributed by atoms with Gasteiger partial charge < -0.3 is 14.9 Å². The van der Waals surface area contributed by atoms with E-state index in [2.05, 4.69) is 0 Å². The average molecular weight is 225 g/mol. The smallest absolute Gasteiger partial charge is 0.337 e. The fourth-order valence-electron chi connectivity index (χ4n) is 1.17. The minimum absolute atomic E-state index is 0.0131. The zero-order valence-electron chi connectivity index (χ0n) is 8.27. The van der Waals surface area contributed by atoms with Gasteiger partial charge in [0.1, 0.15) is 17.6 Å². The molecule has 2 N–H and O–H groups in total. The van der Waals surface area contributed by atoms with Gasteiger partial charge in [-0.05, 0) is 12.1 Å². The molecule has 0 saturated heterocycles. The minimum atomic E-state index is -1.98. The van der Waals surface area contributed by atoms with Crippen LogP contribution in [0.2, 0.25) is 0 Å². The van der Waals surface area contributed by atoms with Crippen molar-refractivity contribution in [1.82, 2.24) is 0 Å². The number of aliphatic hydroxyl groups is 1. The van der Waals surface area contributed by atoms with Crippen molar-refractivity contribution in [2.75, 3.05) is 7.11 Å². The number of carboxylic acid groups (broad SMARTS) is 1. The van der Waals surface area contributed by atoms with Crippen molar-refractivity contribution in [2.24, 2.45) is 0 Å². The number of carboxylic acids is 1. The van der Waals surface area contributed by atoms with Gasteiger partial charge in [0.05, 0.1) is 12.7 Å². The Morgan fingerprint density at radius 2 is 2.25 bits per heavy atom. The minimum Gasteiger partial charge on any atom is -0.495 e. The maximum Gasteiger partial charge on any atom is 0.337 e. The summed E-state index contributed by atoms with van der Waals surface area (Å²) in [6.07, 6.45) is -1.98. The molecule has 1 aromatic carbocycles. The maximum atomic E-state index is 13.3. The molecule has 0 aliphatic rings. The lowest BCUT2D eigenvalue weighted by Gasteiger charge is -2.10. The van der Waals surface area contributed by atoms with Crippen LogP contribution in [0, 0.1) is 17.1 Å². The fourth-order valence-corrected chi connectivity index (χ4v) is 1.17. The Hall–Kier alpha value is -2.13. The van der Waals surface area contributed by atoms with Crippen molar-refractivity contribution in [3.63, 3.8) is 0 Å². The van der Waals surface area contributed by atoms with Crippen molar-refractivity contribution in [1.29, 1.82) is 5.26 Å². The molecule has 1 unspecified atom stereocenters. The standard InChI is InChI=1S/C10H8FNO4/c1-16-8-3-6(9(13)10(14)15)7(11)2-5(8)4-12/h2-3,9,13H,1H3,(H,14,15). The Kier molecular flexibility index (Phi) is 3.43. The molecule has 0 aliphatic carbocycles. The predicted molar refractivity (Wildman–Crippen MR) is 50.3 cm³/mol. The highest BCUT2D eigenvalue weighted by atomic mass is 19.1. The number of rotatable bonds is 3. The van der Waals surface area contributed by atoms with Gasteiger partial charge in [0.2, 0.25) is 0 Å². The lowest BCUT2D eigenvalue weighted by Crippen LogP contribution is -2.12. The molecule has 0 bridgehead atoms. The molecule has 0 radical (unpaired) electrons. The lowest BCUT2D eigenvalue weighted by atomic mass is 10.1. The molecule has 1 aromatic rings. The van der Waals surface area contributed by atoms with Crippen molar-refractivity contribution in [2.45, 2.75) is 6.10 Å². The van der Waals surface area contributed by atoms with Crippen LogP contribution in [0.15, 0.2) is 12.1 Å². The van der Waals surface area contributed by atoms with Crippen LogP contribution in [0.25, 0.3) is 0 Å². The third-order valence-electron chi connectivity index (χ3n) is 1.97. The van der Waals surface area contributed by atoms with E-state index >= 15 is 0 Å². The highest BCUT2D eigenvalue weighted by Crippen LogP contribution is 2.26. The Morgan fingerprint density at radius 1 is 1.62 bits per heavy atom. The van der Waals surface area contributed by atoms with Crippen LogP contribution in [0.3, 0.4) is 0 Å². The number of hydrogen-bond acceptors (Lipinski definition) is 4. The van der Waals surface area contributed by atoms with Gasteiger partial charge in [-0.15, -0.1) is 0 Å². The Balaban J connectivity index is 3.33. The number of halogens is 1. The second kappa shape index (κ2) is 4.59. The summed E-state index contributed by atoms with van der Waals surface area (Å²) in [5.74, 6) is -2.53. The first-order valence-corrected chi connectivity index (χ1v) is 4.19. The molecular formula is C10H8FNO4. The van der Waals surface area contributed by atoms with Gasteiger partial charge in [-0.1, -0.05) is 0 Å². The SMILES string of the molecule is COc1cc(C(O)C(=O)O)c(F)cc1C#N. The summed E-state index contributed by atoms with van der Waals surface area (Å²) in [6, 6.07) is 3.50. The van der Waals surface area contributed by atoms with Crippen LogP contribution in [0.5, 0.6) is 5.75 Å². The molecule has 0 spiro atoms. The third kappa shape index (κ3) is 2.10. The molecule has 0 saturated carbocycles. The van der Waals surface area contributed by atoms with E-state index in [0.29, 0.717) is 0 Å². The van der Waals surface area contributed by atoms with Crippen molar-refractivity contribution >= 4 is 5.97 Å². The first-order chi connectivity index (χ1) is 7.51. The van der Waals surface area contributed by atoms with E-state index in [-0.39, 0.29) is 11.3 Å². The van der Waals surface area contributed by atoms with Gasteiger partial charge in [-0.3, -0.25) is 0 Å². The van der Waals surface area contributed by atoms with E-state index in [1.165, 1.54) is 7.11 Å². The van der Waals surface area contributed by atoms with Crippen molar-refractivity contribution < 1.29 is 24.1 Å². The summed E-state index contributed by atoms with van der Waals surface area (Å²) in [5.41, 5.74) is -0.510. The molecule has 1 rings (SSSR count). The number of hydrogen-bond donors (Lipinski definition) is 2. The van der Waals surface area contributed by atoms with E-state index in [0.717, 1.165) is 12.1 Å². The Bertz CT molecular complexity index is 467. The quantitative estimate of drug-likeness (QED) is 0.794. The number of nitriles is 1. The molecular weight excluding hydrogens is 217 g/mol. The molecule has 84 valence electrons. The number of benzene rings is 1. The molecule has 0 fully saturated rings. The van der Waals surface area contributed by atoms with Gasteiger partial charge in [-0.2, -0.15) is 5.26 Å².